The Morgan fingerprint density at radius 1 is 1.07 bits per heavy atom. The van der Waals surface area contributed by atoms with Gasteiger partial charge in [-0.15, -0.1) is 23.1 Å². The summed E-state index contributed by atoms with van der Waals surface area (Å²) in [7, 11) is 1.35. The summed E-state index contributed by atoms with van der Waals surface area (Å²) in [5, 5.41) is 14.5. The molecule has 10 heteroatoms. The highest BCUT2D eigenvalue weighted by Crippen LogP contribution is 2.43. The van der Waals surface area contributed by atoms with Gasteiger partial charge in [-0.3, -0.25) is 9.59 Å². The molecule has 0 spiro atoms. The standard InChI is InChI=1S/C30H30N2O6S2/c1-17(29(35)36)15-25(33)31-21-10-12-22(13-11-21)39-18(2)27(34)32-28-26(30(37)38-3)23-14-9-20(16-24(23)40-28)19-7-5-4-6-8-19/h4-8,10-13,15,18,20H,9,14,16H2,1-3H3,(H,31,33)(H,32,34)(H,35,36)/b17-15-. The third-order valence-corrected chi connectivity index (χ3v) is 8.93. The number of hydrogen-bond acceptors (Lipinski definition) is 7. The van der Waals surface area contributed by atoms with Crippen molar-refractivity contribution in [3.05, 3.63) is 87.8 Å². The maximum absolute atomic E-state index is 13.2. The molecule has 1 aromatic heterocycles. The van der Waals surface area contributed by atoms with Crippen molar-refractivity contribution < 1.29 is 29.0 Å². The van der Waals surface area contributed by atoms with E-state index in [2.05, 4.69) is 22.8 Å². The van der Waals surface area contributed by atoms with E-state index in [1.54, 1.807) is 31.2 Å². The summed E-state index contributed by atoms with van der Waals surface area (Å²) in [4.78, 5) is 50.7. The predicted molar refractivity (Wildman–Crippen MR) is 157 cm³/mol. The highest BCUT2D eigenvalue weighted by atomic mass is 32.2. The fraction of sp³-hybridized carbons (Fsp3) is 0.267. The van der Waals surface area contributed by atoms with Crippen LogP contribution in [0.3, 0.4) is 0 Å². The fourth-order valence-electron chi connectivity index (χ4n) is 4.53. The number of benzene rings is 2. The zero-order chi connectivity index (χ0) is 28.8. The van der Waals surface area contributed by atoms with Crippen molar-refractivity contribution in [3.63, 3.8) is 0 Å². The van der Waals surface area contributed by atoms with Gasteiger partial charge in [-0.25, -0.2) is 9.59 Å². The van der Waals surface area contributed by atoms with Crippen molar-refractivity contribution in [1.82, 2.24) is 0 Å². The molecule has 8 nitrogen and oxygen atoms in total. The van der Waals surface area contributed by atoms with Gasteiger partial charge in [0.2, 0.25) is 11.8 Å². The van der Waals surface area contributed by atoms with Gasteiger partial charge in [-0.2, -0.15) is 0 Å². The molecular weight excluding hydrogens is 548 g/mol. The van der Waals surface area contributed by atoms with E-state index in [-0.39, 0.29) is 11.5 Å². The normalized spacial score (nSPS) is 15.5. The van der Waals surface area contributed by atoms with E-state index in [1.165, 1.54) is 42.7 Å². The van der Waals surface area contributed by atoms with E-state index < -0.39 is 23.1 Å². The number of carboxylic acids is 1. The summed E-state index contributed by atoms with van der Waals surface area (Å²) < 4.78 is 5.07. The van der Waals surface area contributed by atoms with E-state index in [4.69, 9.17) is 9.84 Å². The third kappa shape index (κ3) is 7.00. The second-order valence-electron chi connectivity index (χ2n) is 9.45. The van der Waals surface area contributed by atoms with Crippen LogP contribution in [0.5, 0.6) is 0 Å². The molecule has 2 amide bonds. The Balaban J connectivity index is 1.42. The van der Waals surface area contributed by atoms with Gasteiger partial charge >= 0.3 is 11.9 Å². The van der Waals surface area contributed by atoms with Gasteiger partial charge < -0.3 is 20.5 Å². The number of rotatable bonds is 9. The average Bonchev–Trinajstić information content (AvgIpc) is 3.30. The first-order valence-electron chi connectivity index (χ1n) is 12.7. The van der Waals surface area contributed by atoms with Crippen LogP contribution in [-0.4, -0.2) is 41.2 Å². The molecule has 2 unspecified atom stereocenters. The van der Waals surface area contributed by atoms with E-state index >= 15 is 0 Å². The van der Waals surface area contributed by atoms with E-state index in [0.29, 0.717) is 22.2 Å². The number of nitrogens with one attached hydrogen (secondary N) is 2. The lowest BCUT2D eigenvalue weighted by atomic mass is 9.83. The summed E-state index contributed by atoms with van der Waals surface area (Å²) >= 11 is 2.79. The molecule has 3 aromatic rings. The molecule has 2 aromatic carbocycles. The predicted octanol–water partition coefficient (Wildman–Crippen LogP) is 5.90. The van der Waals surface area contributed by atoms with Crippen molar-refractivity contribution >= 4 is 57.5 Å². The van der Waals surface area contributed by atoms with Crippen molar-refractivity contribution in [2.75, 3.05) is 17.7 Å². The molecule has 0 bridgehead atoms. The monoisotopic (exact) mass is 578 g/mol. The van der Waals surface area contributed by atoms with Gasteiger partial charge in [0.15, 0.2) is 0 Å². The first-order chi connectivity index (χ1) is 19.2. The number of thioether (sulfide) groups is 1. The number of ether oxygens (including phenoxy) is 1. The van der Waals surface area contributed by atoms with E-state index in [9.17, 15) is 19.2 Å². The molecule has 1 aliphatic carbocycles. The first-order valence-corrected chi connectivity index (χ1v) is 14.4. The average molecular weight is 579 g/mol. The van der Waals surface area contributed by atoms with E-state index in [0.717, 1.165) is 40.7 Å². The lowest BCUT2D eigenvalue weighted by Gasteiger charge is -2.22. The fourth-order valence-corrected chi connectivity index (χ4v) is 6.71. The van der Waals surface area contributed by atoms with Crippen LogP contribution >= 0.6 is 23.1 Å². The van der Waals surface area contributed by atoms with Crippen molar-refractivity contribution in [3.8, 4) is 0 Å². The summed E-state index contributed by atoms with van der Waals surface area (Å²) in [6.45, 7) is 3.13. The molecule has 0 radical (unpaired) electrons. The van der Waals surface area contributed by atoms with E-state index in [1.807, 2.05) is 18.2 Å². The van der Waals surface area contributed by atoms with Crippen LogP contribution in [0.4, 0.5) is 10.7 Å². The van der Waals surface area contributed by atoms with Crippen LogP contribution in [0.2, 0.25) is 0 Å². The Hall–Kier alpha value is -3.89. The smallest absolute Gasteiger partial charge is 0.341 e. The largest absolute Gasteiger partial charge is 0.478 e. The first kappa shape index (κ1) is 29.1. The molecule has 0 saturated heterocycles. The zero-order valence-corrected chi connectivity index (χ0v) is 24.0. The number of esters is 1. The molecule has 3 N–H and O–H groups in total. The van der Waals surface area contributed by atoms with Gasteiger partial charge in [0.25, 0.3) is 0 Å². The van der Waals surface area contributed by atoms with Crippen molar-refractivity contribution in [2.45, 2.75) is 49.2 Å². The molecule has 0 aliphatic heterocycles. The topological polar surface area (TPSA) is 122 Å². The number of carboxylic acid groups (broad SMARTS) is 1. The Bertz CT molecular complexity index is 1450. The van der Waals surface area contributed by atoms with Gasteiger partial charge in [0.05, 0.1) is 17.9 Å². The maximum Gasteiger partial charge on any atom is 0.341 e. The molecule has 1 aliphatic rings. The Morgan fingerprint density at radius 2 is 1.77 bits per heavy atom. The van der Waals surface area contributed by atoms with Crippen LogP contribution in [0.25, 0.3) is 0 Å². The minimum absolute atomic E-state index is 0.0672. The third-order valence-electron chi connectivity index (χ3n) is 6.65. The molecule has 40 heavy (non-hydrogen) atoms. The molecule has 0 saturated carbocycles. The quantitative estimate of drug-likeness (QED) is 0.164. The zero-order valence-electron chi connectivity index (χ0n) is 22.4. The number of carbonyl (C=O) groups is 4. The Kier molecular flexibility index (Phi) is 9.44. The van der Waals surface area contributed by atoms with Crippen LogP contribution in [0.1, 0.15) is 52.5 Å². The number of fused-ring (bicyclic) bond motifs is 1. The van der Waals surface area contributed by atoms with Crippen molar-refractivity contribution in [2.24, 2.45) is 0 Å². The number of methoxy groups -OCH3 is 1. The minimum Gasteiger partial charge on any atom is -0.478 e. The van der Waals surface area contributed by atoms with Gasteiger partial charge in [-0.1, -0.05) is 30.3 Å². The van der Waals surface area contributed by atoms with Crippen LogP contribution < -0.4 is 10.6 Å². The number of carbonyl (C=O) groups excluding carboxylic acids is 3. The van der Waals surface area contributed by atoms with Crippen molar-refractivity contribution in [1.29, 1.82) is 0 Å². The SMILES string of the molecule is COC(=O)c1c(NC(=O)C(C)Sc2ccc(NC(=O)/C=C(/C)C(=O)O)cc2)sc2c1CCC(c1ccccc1)C2. The van der Waals surface area contributed by atoms with Gasteiger partial charge in [0, 0.05) is 27.1 Å². The Morgan fingerprint density at radius 3 is 2.42 bits per heavy atom. The highest BCUT2D eigenvalue weighted by Gasteiger charge is 2.31. The second kappa shape index (κ2) is 13.0. The maximum atomic E-state index is 13.2. The summed E-state index contributed by atoms with van der Waals surface area (Å²) in [6.07, 6.45) is 3.49. The van der Waals surface area contributed by atoms with Crippen LogP contribution in [0, 0.1) is 0 Å². The lowest BCUT2D eigenvalue weighted by Crippen LogP contribution is -2.23. The number of aliphatic carboxylic acids is 1. The number of thiophene rings is 1. The molecular formula is C30H30N2O6S2. The summed E-state index contributed by atoms with van der Waals surface area (Å²) in [5.41, 5.74) is 3.12. The molecule has 1 heterocycles. The molecule has 0 fully saturated rings. The summed E-state index contributed by atoms with van der Waals surface area (Å²) in [5.74, 6) is -2.02. The number of hydrogen-bond donors (Lipinski definition) is 3. The number of anilines is 2. The molecule has 208 valence electrons. The summed E-state index contributed by atoms with van der Waals surface area (Å²) in [6, 6.07) is 17.2. The Labute approximate surface area is 240 Å². The lowest BCUT2D eigenvalue weighted by molar-refractivity contribution is -0.132. The van der Waals surface area contributed by atoms with Gasteiger partial charge in [0.1, 0.15) is 5.00 Å². The minimum atomic E-state index is -1.16. The van der Waals surface area contributed by atoms with Gasteiger partial charge in [-0.05, 0) is 74.4 Å². The van der Waals surface area contributed by atoms with Crippen LogP contribution in [0.15, 0.2) is 71.1 Å². The molecule has 4 rings (SSSR count). The number of amides is 2. The van der Waals surface area contributed by atoms with Crippen LogP contribution in [-0.2, 0) is 32.0 Å². The second-order valence-corrected chi connectivity index (χ2v) is 12.0. The molecule has 2 atom stereocenters. The highest BCUT2D eigenvalue weighted by molar-refractivity contribution is 8.00.